The number of hydrogen-bond acceptors (Lipinski definition) is 6. The Morgan fingerprint density at radius 3 is 2.33 bits per heavy atom. The number of nitrogens with one attached hydrogen (secondary N) is 1. The van der Waals surface area contributed by atoms with Gasteiger partial charge in [-0.15, -0.1) is 0 Å². The number of amides is 1. The van der Waals surface area contributed by atoms with Gasteiger partial charge in [-0.1, -0.05) is 90.4 Å². The Labute approximate surface area is 237 Å². The fourth-order valence-corrected chi connectivity index (χ4v) is 5.01. The molecule has 7 nitrogen and oxygen atoms in total. The summed E-state index contributed by atoms with van der Waals surface area (Å²) in [4.78, 5) is 12.3. The minimum absolute atomic E-state index is 0.0318. The number of rotatable bonds is 9. The molecule has 0 bridgehead atoms. The topological polar surface area (TPSA) is 112 Å². The molecule has 0 saturated carbocycles. The molecule has 4 rings (SSSR count). The van der Waals surface area contributed by atoms with Crippen molar-refractivity contribution in [1.29, 1.82) is 0 Å². The van der Waals surface area contributed by atoms with Crippen LogP contribution in [0.5, 0.6) is 0 Å². The maximum atomic E-state index is 12.3. The summed E-state index contributed by atoms with van der Waals surface area (Å²) in [5.41, 5.74) is 5.46. The van der Waals surface area contributed by atoms with Gasteiger partial charge in [-0.25, -0.2) is 8.42 Å². The van der Waals surface area contributed by atoms with E-state index in [1.54, 1.807) is 12.1 Å². The largest absolute Gasteiger partial charge is 0.748 e. The number of nitrogens with zero attached hydrogens (tertiary/aromatic N) is 1. The molecule has 9 heteroatoms. The van der Waals surface area contributed by atoms with Gasteiger partial charge in [0.1, 0.15) is 0 Å². The number of carbonyl (C=O) groups is 1. The minimum Gasteiger partial charge on any atom is -0.748 e. The van der Waals surface area contributed by atoms with Crippen molar-refractivity contribution >= 4 is 32.0 Å². The third kappa shape index (κ3) is 7.88. The van der Waals surface area contributed by atoms with Gasteiger partial charge in [0.25, 0.3) is 5.91 Å². The van der Waals surface area contributed by atoms with Gasteiger partial charge in [0.05, 0.1) is 21.6 Å². The number of benzene rings is 3. The van der Waals surface area contributed by atoms with E-state index in [0.29, 0.717) is 17.7 Å². The van der Waals surface area contributed by atoms with E-state index in [1.165, 1.54) is 5.56 Å². The van der Waals surface area contributed by atoms with Gasteiger partial charge in [-0.05, 0) is 52.8 Å². The Balaban J connectivity index is 1.59. The highest BCUT2D eigenvalue weighted by molar-refractivity contribution is 9.10. The molecule has 0 aliphatic rings. The molecule has 1 heterocycles. The molecule has 1 aromatic heterocycles. The van der Waals surface area contributed by atoms with E-state index < -0.39 is 21.8 Å². The maximum Gasteiger partial charge on any atom is 0.251 e. The lowest BCUT2D eigenvalue weighted by Gasteiger charge is -2.21. The Hall–Kier alpha value is -3.27. The van der Waals surface area contributed by atoms with Crippen LogP contribution in [0.25, 0.3) is 11.3 Å². The average molecular weight is 611 g/mol. The van der Waals surface area contributed by atoms with E-state index in [9.17, 15) is 17.8 Å². The van der Waals surface area contributed by atoms with Gasteiger partial charge in [0.15, 0.2) is 5.76 Å². The van der Waals surface area contributed by atoms with E-state index in [1.807, 2.05) is 42.5 Å². The van der Waals surface area contributed by atoms with Gasteiger partial charge >= 0.3 is 0 Å². The summed E-state index contributed by atoms with van der Waals surface area (Å²) in [5, 5.41) is 6.90. The Bertz CT molecular complexity index is 1540. The molecule has 39 heavy (non-hydrogen) atoms. The maximum absolute atomic E-state index is 12.3. The van der Waals surface area contributed by atoms with Crippen LogP contribution in [0.15, 0.2) is 87.9 Å². The van der Waals surface area contributed by atoms with Crippen molar-refractivity contribution in [1.82, 2.24) is 10.5 Å². The molecule has 1 amide bonds. The van der Waals surface area contributed by atoms with Crippen LogP contribution in [0, 0.1) is 0 Å². The first-order valence-electron chi connectivity index (χ1n) is 12.5. The smallest absolute Gasteiger partial charge is 0.251 e. The molecule has 204 valence electrons. The molecule has 3 aromatic carbocycles. The van der Waals surface area contributed by atoms with Crippen LogP contribution >= 0.6 is 15.9 Å². The molecule has 1 unspecified atom stereocenters. The lowest BCUT2D eigenvalue weighted by Crippen LogP contribution is -2.28. The monoisotopic (exact) mass is 609 g/mol. The van der Waals surface area contributed by atoms with Gasteiger partial charge < -0.3 is 14.4 Å². The fraction of sp³-hybridized carbons (Fsp3) is 0.267. The molecular weight excluding hydrogens is 580 g/mol. The van der Waals surface area contributed by atoms with E-state index in [0.717, 1.165) is 26.9 Å². The van der Waals surface area contributed by atoms with Gasteiger partial charge in [-0.2, -0.15) is 0 Å². The van der Waals surface area contributed by atoms with Crippen molar-refractivity contribution in [3.8, 4) is 11.3 Å². The van der Waals surface area contributed by atoms with Crippen molar-refractivity contribution in [2.24, 2.45) is 0 Å². The molecule has 0 aliphatic heterocycles. The van der Waals surface area contributed by atoms with Crippen LogP contribution in [0.4, 0.5) is 0 Å². The Kier molecular flexibility index (Phi) is 8.73. The summed E-state index contributed by atoms with van der Waals surface area (Å²) in [6.45, 7) is 6.31. The van der Waals surface area contributed by atoms with Crippen LogP contribution in [-0.2, 0) is 22.0 Å². The molecule has 0 fully saturated rings. The zero-order valence-electron chi connectivity index (χ0n) is 22.0. The number of carbonyl (C=O) groups excluding carboxylic acids is 1. The molecule has 0 saturated heterocycles. The lowest BCUT2D eigenvalue weighted by atomic mass is 9.83. The van der Waals surface area contributed by atoms with Crippen molar-refractivity contribution in [2.75, 3.05) is 12.3 Å². The molecular formula is C30H30BrN2O5S-. The second kappa shape index (κ2) is 11.9. The third-order valence-corrected chi connectivity index (χ3v) is 7.66. The van der Waals surface area contributed by atoms with Crippen LogP contribution in [0.3, 0.4) is 0 Å². The highest BCUT2D eigenvalue weighted by Crippen LogP contribution is 2.33. The van der Waals surface area contributed by atoms with Crippen LogP contribution < -0.4 is 5.32 Å². The number of hydrogen-bond donors (Lipinski definition) is 1. The van der Waals surface area contributed by atoms with Gasteiger partial charge in [0.2, 0.25) is 0 Å². The summed E-state index contributed by atoms with van der Waals surface area (Å²) < 4.78 is 39.0. The van der Waals surface area contributed by atoms with Crippen molar-refractivity contribution in [3.05, 3.63) is 111 Å². The first kappa shape index (κ1) is 28.7. The Morgan fingerprint density at radius 2 is 1.72 bits per heavy atom. The molecule has 1 N–H and O–H groups in total. The first-order chi connectivity index (χ1) is 18.4. The highest BCUT2D eigenvalue weighted by Gasteiger charge is 2.22. The third-order valence-electron chi connectivity index (χ3n) is 6.47. The van der Waals surface area contributed by atoms with Gasteiger partial charge in [0, 0.05) is 34.1 Å². The zero-order chi connectivity index (χ0) is 28.2. The van der Waals surface area contributed by atoms with Crippen LogP contribution in [0.2, 0.25) is 0 Å². The average Bonchev–Trinajstić information content (AvgIpc) is 3.36. The van der Waals surface area contributed by atoms with Crippen LogP contribution in [-0.4, -0.2) is 36.3 Å². The number of aromatic nitrogens is 1. The molecule has 0 spiro atoms. The van der Waals surface area contributed by atoms with E-state index >= 15 is 0 Å². The summed E-state index contributed by atoms with van der Waals surface area (Å²) in [7, 11) is -4.38. The van der Waals surface area contributed by atoms with E-state index in [-0.39, 0.29) is 17.9 Å². The molecule has 0 aliphatic carbocycles. The first-order valence-corrected chi connectivity index (χ1v) is 14.9. The molecule has 0 radical (unpaired) electrons. The standard InChI is InChI=1S/C30H31BrN2O5S/c1-30(2,3)24-13-11-21(12-14-24)26(27-19-28(38-33-27)23-5-4-6-25(31)18-23)17-20-7-9-22(10-8-20)29(34)32-15-16-39(35,36)37/h4-14,18-19,26H,15-17H2,1-3H3,(H,32,34)(H,35,36,37)/p-1. The minimum atomic E-state index is -4.38. The van der Waals surface area contributed by atoms with Crippen molar-refractivity contribution in [3.63, 3.8) is 0 Å². The summed E-state index contributed by atoms with van der Waals surface area (Å²) in [6, 6.07) is 25.5. The predicted octanol–water partition coefficient (Wildman–Crippen LogP) is 6.05. The van der Waals surface area contributed by atoms with Gasteiger partial charge in [-0.3, -0.25) is 4.79 Å². The predicted molar refractivity (Wildman–Crippen MR) is 154 cm³/mol. The van der Waals surface area contributed by atoms with E-state index in [2.05, 4.69) is 71.4 Å². The van der Waals surface area contributed by atoms with Crippen LogP contribution in [0.1, 0.15) is 59.4 Å². The summed E-state index contributed by atoms with van der Waals surface area (Å²) in [6.07, 6.45) is 0.621. The number of halogens is 1. The summed E-state index contributed by atoms with van der Waals surface area (Å²) in [5.74, 6) is -0.499. The second-order valence-electron chi connectivity index (χ2n) is 10.5. The SMILES string of the molecule is CC(C)(C)c1ccc(C(Cc2ccc(C(=O)NCCS(=O)(=O)[O-])cc2)c2cc(-c3cccc(Br)c3)on2)cc1. The quantitative estimate of drug-likeness (QED) is 0.231. The molecule has 1 atom stereocenters. The summed E-state index contributed by atoms with van der Waals surface area (Å²) >= 11 is 3.51. The van der Waals surface area contributed by atoms with Crippen molar-refractivity contribution in [2.45, 2.75) is 38.5 Å². The molecule has 4 aromatic rings. The zero-order valence-corrected chi connectivity index (χ0v) is 24.4. The normalized spacial score (nSPS) is 12.7. The van der Waals surface area contributed by atoms with E-state index in [4.69, 9.17) is 4.52 Å². The lowest BCUT2D eigenvalue weighted by molar-refractivity contribution is 0.0956. The highest BCUT2D eigenvalue weighted by atomic mass is 79.9. The fourth-order valence-electron chi connectivity index (χ4n) is 4.26. The Morgan fingerprint density at radius 1 is 1.03 bits per heavy atom. The van der Waals surface area contributed by atoms with Crippen molar-refractivity contribution < 1.29 is 22.3 Å². The second-order valence-corrected chi connectivity index (χ2v) is 12.9.